The first kappa shape index (κ1) is 34.2. The molecule has 4 fully saturated rings. The van der Waals surface area contributed by atoms with Gasteiger partial charge < -0.3 is 92.8 Å². The molecule has 42 heavy (non-hydrogen) atoms. The Bertz CT molecular complexity index is 866. The number of ether oxygens (including phenoxy) is 6. The first-order chi connectivity index (χ1) is 19.8. The van der Waals surface area contributed by atoms with E-state index < -0.39 is 129 Å². The zero-order valence-electron chi connectivity index (χ0n) is 23.3. The van der Waals surface area contributed by atoms with Crippen LogP contribution in [0.4, 0.5) is 0 Å². The van der Waals surface area contributed by atoms with Crippen molar-refractivity contribution in [3.8, 4) is 0 Å². The van der Waals surface area contributed by atoms with Gasteiger partial charge in [-0.15, -0.1) is 0 Å². The van der Waals surface area contributed by atoms with Crippen LogP contribution in [-0.2, 0) is 28.4 Å². The Labute approximate surface area is 242 Å². The average Bonchev–Trinajstić information content (AvgIpc) is 3.27. The number of nitrogens with two attached hydrogens (primary N) is 5. The molecule has 0 aromatic carbocycles. The van der Waals surface area contributed by atoms with Crippen LogP contribution in [0.5, 0.6) is 0 Å². The summed E-state index contributed by atoms with van der Waals surface area (Å²) in [5, 5.41) is 72.7. The van der Waals surface area contributed by atoms with Crippen LogP contribution in [0.3, 0.4) is 0 Å². The quantitative estimate of drug-likeness (QED) is 0.115. The van der Waals surface area contributed by atoms with Crippen LogP contribution in [0.25, 0.3) is 0 Å². The van der Waals surface area contributed by atoms with Gasteiger partial charge in [0.25, 0.3) is 0 Å². The van der Waals surface area contributed by atoms with Crippen LogP contribution in [-0.4, -0.2) is 166 Å². The minimum atomic E-state index is -1.59. The van der Waals surface area contributed by atoms with Gasteiger partial charge in [-0.1, -0.05) is 6.92 Å². The summed E-state index contributed by atoms with van der Waals surface area (Å²) >= 11 is 0. The van der Waals surface area contributed by atoms with E-state index in [-0.39, 0.29) is 13.0 Å². The number of aliphatic hydroxyl groups is 7. The van der Waals surface area contributed by atoms with Crippen molar-refractivity contribution in [3.05, 3.63) is 0 Å². The van der Waals surface area contributed by atoms with Crippen molar-refractivity contribution in [2.24, 2.45) is 34.6 Å². The lowest BCUT2D eigenvalue weighted by Gasteiger charge is -2.47. The molecule has 3 aliphatic heterocycles. The summed E-state index contributed by atoms with van der Waals surface area (Å²) in [7, 11) is 0. The zero-order valence-corrected chi connectivity index (χ0v) is 23.3. The van der Waals surface area contributed by atoms with Gasteiger partial charge in [-0.25, -0.2) is 0 Å². The fraction of sp³-hybridized carbons (Fsp3) is 1.00. The second-order valence-corrected chi connectivity index (χ2v) is 11.6. The Morgan fingerprint density at radius 3 is 1.71 bits per heavy atom. The first-order valence-electron chi connectivity index (χ1n) is 14.1. The van der Waals surface area contributed by atoms with Crippen molar-refractivity contribution >= 4 is 0 Å². The smallest absolute Gasteiger partial charge is 0.187 e. The summed E-state index contributed by atoms with van der Waals surface area (Å²) in [5.41, 5.74) is 30.2. The zero-order chi connectivity index (χ0) is 31.0. The van der Waals surface area contributed by atoms with Gasteiger partial charge in [0.1, 0.15) is 48.8 Å². The lowest BCUT2D eigenvalue weighted by Crippen LogP contribution is -2.67. The first-order valence-corrected chi connectivity index (χ1v) is 14.1. The van der Waals surface area contributed by atoms with E-state index in [1.165, 1.54) is 0 Å². The SMILES string of the molecule is C[C@H]1[C@H](O)[C@@H](N)[C@@H](O[C@H]2[C@H](O[C@@H]3O[C@H](CO)[C@@H](O[C@H]4O[C@@H](CN)[C@@H](O)[C@H](O)[C@H]4N)[C@H]3O)[C@@H](O)[C@H](N)C[C@@H]2N)O[C@@H]1CO. The van der Waals surface area contributed by atoms with Crippen molar-refractivity contribution in [2.75, 3.05) is 19.8 Å². The van der Waals surface area contributed by atoms with E-state index in [0.717, 1.165) is 0 Å². The minimum Gasteiger partial charge on any atom is -0.394 e. The van der Waals surface area contributed by atoms with Crippen LogP contribution in [0.15, 0.2) is 0 Å². The van der Waals surface area contributed by atoms with E-state index in [2.05, 4.69) is 0 Å². The molecule has 1 aliphatic carbocycles. The number of aliphatic hydroxyl groups excluding tert-OH is 7. The highest BCUT2D eigenvalue weighted by molar-refractivity contribution is 5.02. The molecule has 0 spiro atoms. The number of hydrogen-bond donors (Lipinski definition) is 12. The van der Waals surface area contributed by atoms with Gasteiger partial charge in [-0.2, -0.15) is 0 Å². The fourth-order valence-electron chi connectivity index (χ4n) is 5.92. The van der Waals surface area contributed by atoms with Gasteiger partial charge in [0.2, 0.25) is 0 Å². The van der Waals surface area contributed by atoms with Crippen molar-refractivity contribution in [2.45, 2.75) is 124 Å². The highest BCUT2D eigenvalue weighted by Gasteiger charge is 2.54. The molecule has 0 amide bonds. The van der Waals surface area contributed by atoms with Crippen LogP contribution < -0.4 is 28.7 Å². The van der Waals surface area contributed by atoms with Gasteiger partial charge in [0.15, 0.2) is 18.9 Å². The summed E-state index contributed by atoms with van der Waals surface area (Å²) in [4.78, 5) is 0. The van der Waals surface area contributed by atoms with Crippen molar-refractivity contribution in [1.29, 1.82) is 0 Å². The molecule has 4 aliphatic rings. The summed E-state index contributed by atoms with van der Waals surface area (Å²) in [5.74, 6) is -0.490. The van der Waals surface area contributed by atoms with Gasteiger partial charge in [0.05, 0.1) is 43.6 Å². The van der Waals surface area contributed by atoms with Crippen molar-refractivity contribution in [3.63, 3.8) is 0 Å². The maximum Gasteiger partial charge on any atom is 0.187 e. The molecule has 0 bridgehead atoms. The largest absolute Gasteiger partial charge is 0.394 e. The third-order valence-corrected chi connectivity index (χ3v) is 8.71. The maximum atomic E-state index is 11.1. The topological polar surface area (TPSA) is 327 Å². The molecule has 1 saturated carbocycles. The lowest BCUT2D eigenvalue weighted by atomic mass is 9.84. The van der Waals surface area contributed by atoms with Crippen LogP contribution in [0.1, 0.15) is 13.3 Å². The Morgan fingerprint density at radius 1 is 0.595 bits per heavy atom. The Balaban J connectivity index is 1.50. The van der Waals surface area contributed by atoms with E-state index in [4.69, 9.17) is 57.1 Å². The molecular formula is C24H47N5O13. The van der Waals surface area contributed by atoms with E-state index >= 15 is 0 Å². The van der Waals surface area contributed by atoms with Gasteiger partial charge in [-0.05, 0) is 6.42 Å². The summed E-state index contributed by atoms with van der Waals surface area (Å²) in [6.45, 7) is 0.471. The predicted molar refractivity (Wildman–Crippen MR) is 140 cm³/mol. The number of hydrogen-bond acceptors (Lipinski definition) is 18. The average molecular weight is 614 g/mol. The minimum absolute atomic E-state index is 0.114. The van der Waals surface area contributed by atoms with Gasteiger partial charge in [0, 0.05) is 24.5 Å². The molecule has 3 saturated heterocycles. The Morgan fingerprint density at radius 2 is 1.12 bits per heavy atom. The highest BCUT2D eigenvalue weighted by atomic mass is 16.8. The Kier molecular flexibility index (Phi) is 11.5. The van der Waals surface area contributed by atoms with Crippen LogP contribution >= 0.6 is 0 Å². The van der Waals surface area contributed by atoms with Crippen LogP contribution in [0.2, 0.25) is 0 Å². The fourth-order valence-corrected chi connectivity index (χ4v) is 5.92. The molecule has 0 aromatic heterocycles. The van der Waals surface area contributed by atoms with E-state index in [1.807, 2.05) is 0 Å². The molecule has 19 atom stereocenters. The van der Waals surface area contributed by atoms with Crippen LogP contribution in [0, 0.1) is 5.92 Å². The van der Waals surface area contributed by atoms with Crippen molar-refractivity contribution in [1.82, 2.24) is 0 Å². The molecule has 0 aromatic rings. The van der Waals surface area contributed by atoms with E-state index in [0.29, 0.717) is 0 Å². The van der Waals surface area contributed by atoms with Gasteiger partial charge in [-0.3, -0.25) is 0 Å². The monoisotopic (exact) mass is 613 g/mol. The molecule has 17 N–H and O–H groups in total. The molecule has 18 heteroatoms. The summed E-state index contributed by atoms with van der Waals surface area (Å²) < 4.78 is 34.9. The molecule has 0 radical (unpaired) electrons. The third kappa shape index (κ3) is 6.62. The molecule has 4 rings (SSSR count). The normalized spacial score (nSPS) is 53.8. The van der Waals surface area contributed by atoms with Gasteiger partial charge >= 0.3 is 0 Å². The predicted octanol–water partition coefficient (Wildman–Crippen LogP) is -7.59. The second kappa shape index (κ2) is 14.1. The molecule has 18 nitrogen and oxygen atoms in total. The molecule has 3 heterocycles. The number of rotatable bonds is 9. The summed E-state index contributed by atoms with van der Waals surface area (Å²) in [6.07, 6.45) is -17.5. The molecular weight excluding hydrogens is 566 g/mol. The molecule has 246 valence electrons. The standard InChI is InChI=1S/C24H47N5O13/c1-6-10(4-30)38-22(12(28)14(6)32)40-19-8(27)2-7(26)15(33)21(19)42-24-18(36)20(11(5-31)39-24)41-23-13(29)17(35)16(34)9(3-25)37-23/h6-24,30-36H,2-5,25-29H2,1H3/t6-,7-,8+,9+,10-,11-,12-,13-,14+,15+,16-,17-,18-,19-,20-,21-,22-,23-,24+/m1/s1. The lowest BCUT2D eigenvalue weighted by molar-refractivity contribution is -0.304. The molecule has 0 unspecified atom stereocenters. The van der Waals surface area contributed by atoms with E-state index in [1.54, 1.807) is 6.92 Å². The van der Waals surface area contributed by atoms with E-state index in [9.17, 15) is 35.7 Å². The second-order valence-electron chi connectivity index (χ2n) is 11.6. The maximum absolute atomic E-state index is 11.1. The Hall–Kier alpha value is -0.720. The highest BCUT2D eigenvalue weighted by Crippen LogP contribution is 2.34. The summed E-state index contributed by atoms with van der Waals surface area (Å²) in [6, 6.07) is -3.93. The van der Waals surface area contributed by atoms with Crippen molar-refractivity contribution < 1.29 is 64.2 Å². The third-order valence-electron chi connectivity index (χ3n) is 8.71.